The van der Waals surface area contributed by atoms with E-state index in [1.807, 2.05) is 12.1 Å². The van der Waals surface area contributed by atoms with Crippen LogP contribution >= 0.6 is 12.4 Å². The number of benzene rings is 2. The standard InChI is InChI=1S/C21H22N2O3.ClH/c1-24-18-12-20(26-3)19(25-2)11-15(18)21-17-9-6-10-23(17)16-8-5-4-7-14(16)13-22-21;/h4-12,21-22H,13H2,1-3H3;1H. The smallest absolute Gasteiger partial charge is 0.164 e. The third-order valence-electron chi connectivity index (χ3n) is 4.87. The number of halogens is 1. The van der Waals surface area contributed by atoms with Gasteiger partial charge in [0.05, 0.1) is 27.4 Å². The Hall–Kier alpha value is -2.63. The van der Waals surface area contributed by atoms with E-state index in [-0.39, 0.29) is 18.4 Å². The first kappa shape index (κ1) is 19.1. The molecule has 0 spiro atoms. The zero-order chi connectivity index (χ0) is 18.1. The molecule has 0 aliphatic carbocycles. The number of rotatable bonds is 4. The third kappa shape index (κ3) is 3.24. The largest absolute Gasteiger partial charge is 0.496 e. The molecular weight excluding hydrogens is 364 g/mol. The lowest BCUT2D eigenvalue weighted by molar-refractivity contribution is 0.346. The molecule has 1 atom stereocenters. The molecule has 2 heterocycles. The lowest BCUT2D eigenvalue weighted by Gasteiger charge is -2.22. The van der Waals surface area contributed by atoms with Crippen molar-refractivity contribution in [2.24, 2.45) is 0 Å². The van der Waals surface area contributed by atoms with Crippen molar-refractivity contribution in [3.05, 3.63) is 71.5 Å². The Morgan fingerprint density at radius 3 is 2.33 bits per heavy atom. The fourth-order valence-corrected chi connectivity index (χ4v) is 3.61. The van der Waals surface area contributed by atoms with Gasteiger partial charge in [0.1, 0.15) is 5.75 Å². The molecule has 0 saturated heterocycles. The fourth-order valence-electron chi connectivity index (χ4n) is 3.61. The molecule has 2 aromatic carbocycles. The summed E-state index contributed by atoms with van der Waals surface area (Å²) in [6.45, 7) is 0.764. The molecular formula is C21H23ClN2O3. The summed E-state index contributed by atoms with van der Waals surface area (Å²) < 4.78 is 18.8. The van der Waals surface area contributed by atoms with Gasteiger partial charge in [-0.15, -0.1) is 12.4 Å². The van der Waals surface area contributed by atoms with E-state index in [0.29, 0.717) is 11.5 Å². The number of ether oxygens (including phenoxy) is 3. The number of hydrogen-bond donors (Lipinski definition) is 1. The minimum absolute atomic E-state index is 0. The lowest BCUT2D eigenvalue weighted by atomic mass is 10.0. The first-order valence-corrected chi connectivity index (χ1v) is 8.55. The van der Waals surface area contributed by atoms with Crippen LogP contribution in [-0.2, 0) is 6.54 Å². The molecule has 0 fully saturated rings. The average molecular weight is 387 g/mol. The van der Waals surface area contributed by atoms with Crippen LogP contribution in [0.1, 0.15) is 22.9 Å². The van der Waals surface area contributed by atoms with Crippen molar-refractivity contribution < 1.29 is 14.2 Å². The Balaban J connectivity index is 0.00000210. The second-order valence-corrected chi connectivity index (χ2v) is 6.19. The quantitative estimate of drug-likeness (QED) is 0.732. The summed E-state index contributed by atoms with van der Waals surface area (Å²) >= 11 is 0. The first-order valence-electron chi connectivity index (χ1n) is 8.55. The highest BCUT2D eigenvalue weighted by molar-refractivity contribution is 5.85. The van der Waals surface area contributed by atoms with Gasteiger partial charge in [0.2, 0.25) is 0 Å². The van der Waals surface area contributed by atoms with Crippen molar-refractivity contribution in [3.63, 3.8) is 0 Å². The van der Waals surface area contributed by atoms with E-state index in [0.717, 1.165) is 23.6 Å². The maximum Gasteiger partial charge on any atom is 0.164 e. The minimum Gasteiger partial charge on any atom is -0.496 e. The van der Waals surface area contributed by atoms with Crippen LogP contribution in [0.15, 0.2) is 54.7 Å². The number of hydrogen-bond acceptors (Lipinski definition) is 4. The van der Waals surface area contributed by atoms with E-state index < -0.39 is 0 Å². The number of nitrogens with one attached hydrogen (secondary N) is 1. The lowest BCUT2D eigenvalue weighted by Crippen LogP contribution is -2.22. The van der Waals surface area contributed by atoms with Crippen LogP contribution in [0.4, 0.5) is 0 Å². The van der Waals surface area contributed by atoms with Gasteiger partial charge >= 0.3 is 0 Å². The second-order valence-electron chi connectivity index (χ2n) is 6.19. The topological polar surface area (TPSA) is 44.7 Å². The molecule has 3 aromatic rings. The highest BCUT2D eigenvalue weighted by atomic mass is 35.5. The highest BCUT2D eigenvalue weighted by Gasteiger charge is 2.26. The monoisotopic (exact) mass is 386 g/mol. The number of aromatic nitrogens is 1. The maximum atomic E-state index is 5.67. The van der Waals surface area contributed by atoms with Crippen LogP contribution in [0.3, 0.4) is 0 Å². The predicted octanol–water partition coefficient (Wildman–Crippen LogP) is 4.12. The third-order valence-corrected chi connectivity index (χ3v) is 4.87. The van der Waals surface area contributed by atoms with E-state index in [1.165, 1.54) is 11.3 Å². The average Bonchev–Trinajstić information content (AvgIpc) is 3.11. The zero-order valence-corrected chi connectivity index (χ0v) is 16.4. The summed E-state index contributed by atoms with van der Waals surface area (Å²) in [4.78, 5) is 0. The number of para-hydroxylation sites is 1. The summed E-state index contributed by atoms with van der Waals surface area (Å²) in [5.74, 6) is 2.10. The van der Waals surface area contributed by atoms with Crippen molar-refractivity contribution >= 4 is 12.4 Å². The Kier molecular flexibility index (Phi) is 5.63. The summed E-state index contributed by atoms with van der Waals surface area (Å²) in [6.07, 6.45) is 2.10. The number of nitrogens with zero attached hydrogens (tertiary/aromatic N) is 1. The van der Waals surface area contributed by atoms with Crippen LogP contribution in [0.5, 0.6) is 17.2 Å². The summed E-state index contributed by atoms with van der Waals surface area (Å²) in [6, 6.07) is 16.5. The van der Waals surface area contributed by atoms with E-state index >= 15 is 0 Å². The van der Waals surface area contributed by atoms with E-state index in [9.17, 15) is 0 Å². The molecule has 27 heavy (non-hydrogen) atoms. The van der Waals surface area contributed by atoms with Gasteiger partial charge < -0.3 is 24.1 Å². The number of methoxy groups -OCH3 is 3. The second kappa shape index (κ2) is 7.94. The minimum atomic E-state index is -0.0350. The zero-order valence-electron chi connectivity index (χ0n) is 15.6. The highest BCUT2D eigenvalue weighted by Crippen LogP contribution is 2.41. The van der Waals surface area contributed by atoms with Crippen LogP contribution in [-0.4, -0.2) is 25.9 Å². The molecule has 0 amide bonds. The Morgan fingerprint density at radius 2 is 1.59 bits per heavy atom. The van der Waals surface area contributed by atoms with E-state index in [4.69, 9.17) is 14.2 Å². The van der Waals surface area contributed by atoms with Gasteiger partial charge in [0.25, 0.3) is 0 Å². The summed E-state index contributed by atoms with van der Waals surface area (Å²) in [7, 11) is 4.95. The summed E-state index contributed by atoms with van der Waals surface area (Å²) in [5.41, 5.74) is 4.62. The molecule has 0 radical (unpaired) electrons. The molecule has 142 valence electrons. The number of fused-ring (bicyclic) bond motifs is 3. The molecule has 1 aromatic heterocycles. The first-order chi connectivity index (χ1) is 12.8. The molecule has 5 nitrogen and oxygen atoms in total. The SMILES string of the molecule is COc1cc(OC)c(C2NCc3ccccc3-n3cccc32)cc1OC.Cl. The van der Waals surface area contributed by atoms with E-state index in [2.05, 4.69) is 52.5 Å². The normalized spacial score (nSPS) is 15.0. The Bertz CT molecular complexity index is 939. The van der Waals surface area contributed by atoms with Crippen LogP contribution in [0, 0.1) is 0 Å². The van der Waals surface area contributed by atoms with Gasteiger partial charge in [0, 0.05) is 35.8 Å². The van der Waals surface area contributed by atoms with Crippen molar-refractivity contribution in [2.75, 3.05) is 21.3 Å². The Labute approximate surface area is 165 Å². The van der Waals surface area contributed by atoms with Gasteiger partial charge in [-0.05, 0) is 29.8 Å². The van der Waals surface area contributed by atoms with Gasteiger partial charge in [0.15, 0.2) is 11.5 Å². The molecule has 6 heteroatoms. The molecule has 0 bridgehead atoms. The van der Waals surface area contributed by atoms with Gasteiger partial charge in [-0.2, -0.15) is 0 Å². The van der Waals surface area contributed by atoms with Gasteiger partial charge in [-0.25, -0.2) is 0 Å². The van der Waals surface area contributed by atoms with Crippen LogP contribution in [0.2, 0.25) is 0 Å². The van der Waals surface area contributed by atoms with E-state index in [1.54, 1.807) is 21.3 Å². The van der Waals surface area contributed by atoms with Gasteiger partial charge in [-0.1, -0.05) is 18.2 Å². The van der Waals surface area contributed by atoms with Crippen molar-refractivity contribution in [3.8, 4) is 22.9 Å². The van der Waals surface area contributed by atoms with Crippen molar-refractivity contribution in [1.29, 1.82) is 0 Å². The molecule has 1 N–H and O–H groups in total. The van der Waals surface area contributed by atoms with Crippen LogP contribution in [0.25, 0.3) is 5.69 Å². The molecule has 4 rings (SSSR count). The van der Waals surface area contributed by atoms with Crippen molar-refractivity contribution in [1.82, 2.24) is 9.88 Å². The predicted molar refractivity (Wildman–Crippen MR) is 108 cm³/mol. The van der Waals surface area contributed by atoms with Crippen molar-refractivity contribution in [2.45, 2.75) is 12.6 Å². The fraction of sp³-hybridized carbons (Fsp3) is 0.238. The van der Waals surface area contributed by atoms with Crippen LogP contribution < -0.4 is 19.5 Å². The molecule has 1 unspecified atom stereocenters. The Morgan fingerprint density at radius 1 is 0.889 bits per heavy atom. The molecule has 1 aliphatic rings. The van der Waals surface area contributed by atoms with Gasteiger partial charge in [-0.3, -0.25) is 0 Å². The molecule has 1 aliphatic heterocycles. The summed E-state index contributed by atoms with van der Waals surface area (Å²) in [5, 5.41) is 3.66. The molecule has 0 saturated carbocycles. The maximum absolute atomic E-state index is 5.67.